The fraction of sp³-hybridized carbons (Fsp3) is 0.375. The molecule has 3 aromatic carbocycles. The van der Waals surface area contributed by atoms with Gasteiger partial charge in [-0.3, -0.25) is 13.9 Å². The van der Waals surface area contributed by atoms with Crippen LogP contribution in [0, 0.1) is 13.8 Å². The quantitative estimate of drug-likeness (QED) is 0.299. The highest BCUT2D eigenvalue weighted by molar-refractivity contribution is 7.92. The minimum absolute atomic E-state index is 0.0318. The summed E-state index contributed by atoms with van der Waals surface area (Å²) in [5, 5.41) is 2.92. The molecule has 0 heterocycles. The maximum Gasteiger partial charge on any atom is 0.264 e. The summed E-state index contributed by atoms with van der Waals surface area (Å²) in [7, 11) is -4.15. The lowest BCUT2D eigenvalue weighted by Gasteiger charge is -2.34. The second kappa shape index (κ2) is 14.2. The van der Waals surface area contributed by atoms with E-state index in [9.17, 15) is 18.0 Å². The van der Waals surface area contributed by atoms with Crippen molar-refractivity contribution in [3.05, 3.63) is 89.5 Å². The fourth-order valence-electron chi connectivity index (χ4n) is 4.51. The number of ether oxygens (including phenoxy) is 1. The maximum absolute atomic E-state index is 14.1. The van der Waals surface area contributed by atoms with Gasteiger partial charge in [-0.25, -0.2) is 8.42 Å². The fourth-order valence-corrected chi connectivity index (χ4v) is 5.93. The Hall–Kier alpha value is -3.85. The summed E-state index contributed by atoms with van der Waals surface area (Å²) in [6.45, 7) is 11.4. The van der Waals surface area contributed by atoms with Crippen molar-refractivity contribution >= 4 is 27.5 Å². The summed E-state index contributed by atoms with van der Waals surface area (Å²) >= 11 is 0. The van der Waals surface area contributed by atoms with Gasteiger partial charge in [0.25, 0.3) is 10.0 Å². The molecule has 0 fully saturated rings. The Bertz CT molecular complexity index is 1420. The third-order valence-electron chi connectivity index (χ3n) is 6.74. The molecular weight excluding hydrogens is 538 g/mol. The lowest BCUT2D eigenvalue weighted by Crippen LogP contribution is -2.53. The number of hydrogen-bond acceptors (Lipinski definition) is 5. The average molecular weight is 580 g/mol. The van der Waals surface area contributed by atoms with E-state index in [1.807, 2.05) is 65.8 Å². The Labute approximate surface area is 244 Å². The summed E-state index contributed by atoms with van der Waals surface area (Å²) in [4.78, 5) is 28.9. The number of amides is 2. The summed E-state index contributed by atoms with van der Waals surface area (Å²) in [6.07, 6.45) is 0.367. The van der Waals surface area contributed by atoms with Gasteiger partial charge in [0, 0.05) is 12.6 Å². The SMILES string of the molecule is CCOc1ccc(S(=O)(=O)N(CC(=O)N(Cc2ccccc2C)C(CC)C(=O)NC(C)C)c2ccc(C)cc2)cc1. The molecule has 41 heavy (non-hydrogen) atoms. The normalized spacial score (nSPS) is 12.1. The van der Waals surface area contributed by atoms with Crippen LogP contribution in [0.15, 0.2) is 77.7 Å². The molecule has 3 aromatic rings. The highest BCUT2D eigenvalue weighted by Gasteiger charge is 2.34. The van der Waals surface area contributed by atoms with E-state index in [1.165, 1.54) is 17.0 Å². The van der Waals surface area contributed by atoms with Crippen LogP contribution in [0.4, 0.5) is 5.69 Å². The highest BCUT2D eigenvalue weighted by Crippen LogP contribution is 2.27. The summed E-state index contributed by atoms with van der Waals surface area (Å²) in [5.74, 6) is -0.203. The van der Waals surface area contributed by atoms with E-state index in [2.05, 4.69) is 5.32 Å². The predicted octanol–water partition coefficient (Wildman–Crippen LogP) is 5.23. The smallest absolute Gasteiger partial charge is 0.264 e. The minimum Gasteiger partial charge on any atom is -0.494 e. The van der Waals surface area contributed by atoms with Crippen LogP contribution < -0.4 is 14.4 Å². The highest BCUT2D eigenvalue weighted by atomic mass is 32.2. The molecule has 0 aliphatic rings. The Morgan fingerprint density at radius 1 is 0.902 bits per heavy atom. The van der Waals surface area contributed by atoms with Crippen molar-refractivity contribution in [3.8, 4) is 5.75 Å². The lowest BCUT2D eigenvalue weighted by atomic mass is 10.1. The largest absolute Gasteiger partial charge is 0.494 e. The van der Waals surface area contributed by atoms with Gasteiger partial charge in [0.15, 0.2) is 0 Å². The molecule has 1 unspecified atom stereocenters. The van der Waals surface area contributed by atoms with Gasteiger partial charge in [-0.1, -0.05) is 48.9 Å². The molecule has 8 nitrogen and oxygen atoms in total. The average Bonchev–Trinajstić information content (AvgIpc) is 2.93. The van der Waals surface area contributed by atoms with Crippen LogP contribution in [0.5, 0.6) is 5.75 Å². The molecule has 2 amide bonds. The van der Waals surface area contributed by atoms with E-state index in [0.29, 0.717) is 24.5 Å². The van der Waals surface area contributed by atoms with E-state index in [4.69, 9.17) is 4.74 Å². The van der Waals surface area contributed by atoms with Crippen LogP contribution in [-0.2, 0) is 26.2 Å². The number of rotatable bonds is 13. The van der Waals surface area contributed by atoms with Crippen molar-refractivity contribution < 1.29 is 22.7 Å². The van der Waals surface area contributed by atoms with E-state index < -0.39 is 28.5 Å². The van der Waals surface area contributed by atoms with Crippen LogP contribution in [0.3, 0.4) is 0 Å². The van der Waals surface area contributed by atoms with Crippen molar-refractivity contribution in [2.24, 2.45) is 0 Å². The molecule has 0 aliphatic heterocycles. The number of carbonyl (C=O) groups excluding carboxylic acids is 2. The zero-order chi connectivity index (χ0) is 30.2. The standard InChI is InChI=1S/C32H41N3O5S/c1-7-30(32(37)33-23(3)4)34(21-26-12-10-9-11-25(26)6)31(36)22-35(27-15-13-24(5)14-16-27)41(38,39)29-19-17-28(18-20-29)40-8-2/h9-20,23,30H,7-8,21-22H2,1-6H3,(H,33,37). The molecule has 0 aromatic heterocycles. The van der Waals surface area contributed by atoms with Crippen molar-refractivity contribution in [2.75, 3.05) is 17.5 Å². The van der Waals surface area contributed by atoms with E-state index in [0.717, 1.165) is 21.0 Å². The number of aryl methyl sites for hydroxylation is 2. The molecule has 0 saturated carbocycles. The Balaban J connectivity index is 2.06. The van der Waals surface area contributed by atoms with Crippen LogP contribution >= 0.6 is 0 Å². The molecule has 9 heteroatoms. The van der Waals surface area contributed by atoms with E-state index >= 15 is 0 Å². The Morgan fingerprint density at radius 3 is 2.10 bits per heavy atom. The van der Waals surface area contributed by atoms with Crippen molar-refractivity contribution in [2.45, 2.75) is 71.5 Å². The van der Waals surface area contributed by atoms with Crippen LogP contribution in [-0.4, -0.2) is 50.4 Å². The number of hydrogen-bond donors (Lipinski definition) is 1. The number of sulfonamides is 1. The first kappa shape index (κ1) is 31.7. The molecule has 0 spiro atoms. The topological polar surface area (TPSA) is 96.0 Å². The van der Waals surface area contributed by atoms with Gasteiger partial charge in [0.1, 0.15) is 18.3 Å². The number of nitrogens with zero attached hydrogens (tertiary/aromatic N) is 2. The number of anilines is 1. The van der Waals surface area contributed by atoms with Gasteiger partial charge in [-0.15, -0.1) is 0 Å². The molecule has 0 radical (unpaired) electrons. The third kappa shape index (κ3) is 8.10. The van der Waals surface area contributed by atoms with Gasteiger partial charge in [0.05, 0.1) is 17.2 Å². The maximum atomic E-state index is 14.1. The first-order chi connectivity index (χ1) is 19.5. The van der Waals surface area contributed by atoms with Crippen molar-refractivity contribution in [3.63, 3.8) is 0 Å². The summed E-state index contributed by atoms with van der Waals surface area (Å²) < 4.78 is 34.6. The molecule has 0 bridgehead atoms. The number of nitrogens with one attached hydrogen (secondary N) is 1. The molecule has 1 atom stereocenters. The number of carbonyl (C=O) groups is 2. The van der Waals surface area contributed by atoms with Crippen LogP contribution in [0.25, 0.3) is 0 Å². The molecule has 220 valence electrons. The third-order valence-corrected chi connectivity index (χ3v) is 8.53. The van der Waals surface area contributed by atoms with Gasteiger partial charge in [0.2, 0.25) is 11.8 Å². The van der Waals surface area contributed by atoms with E-state index in [-0.39, 0.29) is 23.4 Å². The van der Waals surface area contributed by atoms with Gasteiger partial charge >= 0.3 is 0 Å². The molecule has 1 N–H and O–H groups in total. The first-order valence-electron chi connectivity index (χ1n) is 13.9. The van der Waals surface area contributed by atoms with Crippen LogP contribution in [0.2, 0.25) is 0 Å². The Kier molecular flexibility index (Phi) is 10.9. The predicted molar refractivity (Wildman–Crippen MR) is 162 cm³/mol. The van der Waals surface area contributed by atoms with Gasteiger partial charge < -0.3 is 15.0 Å². The molecule has 0 saturated heterocycles. The second-order valence-corrected chi connectivity index (χ2v) is 12.1. The number of benzene rings is 3. The summed E-state index contributed by atoms with van der Waals surface area (Å²) in [6, 6.07) is 19.9. The van der Waals surface area contributed by atoms with Crippen molar-refractivity contribution in [1.29, 1.82) is 0 Å². The summed E-state index contributed by atoms with van der Waals surface area (Å²) in [5.41, 5.74) is 3.17. The minimum atomic E-state index is -4.15. The Morgan fingerprint density at radius 2 is 1.54 bits per heavy atom. The first-order valence-corrected chi connectivity index (χ1v) is 15.4. The monoisotopic (exact) mass is 579 g/mol. The van der Waals surface area contributed by atoms with Gasteiger partial charge in [-0.2, -0.15) is 0 Å². The second-order valence-electron chi connectivity index (χ2n) is 10.3. The zero-order valence-corrected chi connectivity index (χ0v) is 25.6. The lowest BCUT2D eigenvalue weighted by molar-refractivity contribution is -0.140. The van der Waals surface area contributed by atoms with Gasteiger partial charge in [-0.05, 0) is 88.6 Å². The van der Waals surface area contributed by atoms with Crippen LogP contribution in [0.1, 0.15) is 50.8 Å². The van der Waals surface area contributed by atoms with Crippen molar-refractivity contribution in [1.82, 2.24) is 10.2 Å². The zero-order valence-electron chi connectivity index (χ0n) is 24.8. The molecule has 0 aliphatic carbocycles. The molecule has 3 rings (SSSR count). The molecular formula is C32H41N3O5S. The van der Waals surface area contributed by atoms with E-state index in [1.54, 1.807) is 36.4 Å².